The molecule has 0 spiro atoms. The monoisotopic (exact) mass is 1810 g/mol. The van der Waals surface area contributed by atoms with Crippen molar-refractivity contribution in [2.45, 2.75) is 84.5 Å². The van der Waals surface area contributed by atoms with E-state index in [4.69, 9.17) is 109 Å². The standard InChI is InChI=1S/C24H18Cl2N6O6.C24H16Cl2N6O4.C21H11BrCl2N6O4.C9H17BO2/c1-24(37,11-33)14-4-2-12(3-5-14)6-13-7-19(29-30-21(13)34)38-20-16(25)8-15(9-17(20)26)32-23(36)28-22(35)18(10-27)31-32;1-12(2)14-5-3-13(4-6-14)7-15-8-20(29-30-22(15)33)36-21-17(25)9-16(10-18(21)26)32-24(35)28-23(34)19(11-27)31-32;22-12-3-1-10(2-4-12)5-11-6-17(27-28-19(11)31)34-18-14(23)7-13(8-15(18)24)30-21(33)26-20(32)16(9-25)29-30;1-7(2)10-11-8(3,4)9(5,6)12-10/h2-5,7-9,33,37H,6,11H2,1H3,(H,30,34)(H,28,35,36);3-6,8-10H,1,7H2,2H3,(H,30,33)(H,28,34,35);1-4,6-8H,5H2,(H,28,31)(H,26,32,33);1H2,2-6H3. The average Bonchev–Trinajstić information content (AvgIpc) is 1.71. The third-order valence-electron chi connectivity index (χ3n) is 17.8. The van der Waals surface area contributed by atoms with Crippen molar-refractivity contribution in [2.75, 3.05) is 6.61 Å². The SMILES string of the molecule is C=C(C)B1OC(C)(C)C(C)(C)O1.C=C(C)c1ccc(Cc2cc(Oc3c(Cl)cc(-n4nc(C#N)c(=O)[nH]c4=O)cc3Cl)n[nH]c2=O)cc1.CC(O)(CO)c1ccc(Cc2cc(Oc3c(Cl)cc(-n4nc(C#N)c(=O)[nH]c4=O)cc3Cl)n[nH]c2=O)cc1.N#Cc1nn(-c2cc(Cl)c(Oc3cc(Cc4ccc(Br)cc4)c(=O)[nH]n3)c(Cl)c2)c(=O)[nH]c1=O. The van der Waals surface area contributed by atoms with Crippen LogP contribution < -0.4 is 64.6 Å². The molecule has 7 heterocycles. The summed E-state index contributed by atoms with van der Waals surface area (Å²) >= 11 is 41.3. The molecule has 0 radical (unpaired) electrons. The van der Waals surface area contributed by atoms with Crippen molar-refractivity contribution in [3.8, 4) is 70.2 Å². The Balaban J connectivity index is 0.000000177. The van der Waals surface area contributed by atoms with Gasteiger partial charge in [-0.2, -0.15) is 29.8 Å². The molecule has 0 saturated carbocycles. The molecule has 120 heavy (non-hydrogen) atoms. The first-order chi connectivity index (χ1) is 56.7. The van der Waals surface area contributed by atoms with E-state index in [1.807, 2.05) is 105 Å². The van der Waals surface area contributed by atoms with Crippen LogP contribution in [0.15, 0.2) is 194 Å². The lowest BCUT2D eigenvalue weighted by atomic mass is 9.81. The van der Waals surface area contributed by atoms with Gasteiger partial charge in [0.05, 0.1) is 65.0 Å². The van der Waals surface area contributed by atoms with Crippen molar-refractivity contribution >= 4 is 98.2 Å². The maximum atomic E-state index is 12.4. The number of halogens is 7. The predicted molar refractivity (Wildman–Crippen MR) is 448 cm³/mol. The van der Waals surface area contributed by atoms with Crippen LogP contribution in [-0.2, 0) is 34.2 Å². The van der Waals surface area contributed by atoms with Gasteiger partial charge >= 0.3 is 24.2 Å². The number of aromatic nitrogens is 15. The lowest BCUT2D eigenvalue weighted by Crippen LogP contribution is -2.41. The number of nitrogens with zero attached hydrogens (tertiary/aromatic N) is 12. The maximum Gasteiger partial charge on any atom is 0.489 e. The van der Waals surface area contributed by atoms with E-state index in [9.17, 15) is 53.4 Å². The van der Waals surface area contributed by atoms with Crippen molar-refractivity contribution < 1.29 is 33.7 Å². The fourth-order valence-corrected chi connectivity index (χ4v) is 12.6. The van der Waals surface area contributed by atoms with Gasteiger partial charge in [-0.15, -0.1) is 37.2 Å². The number of nitriles is 3. The summed E-state index contributed by atoms with van der Waals surface area (Å²) in [5, 5.41) is 76.2. The molecule has 1 atom stereocenters. The topological polar surface area (TPSA) is 498 Å². The molecule has 0 amide bonds. The number of benzene rings is 6. The predicted octanol–water partition coefficient (Wildman–Crippen LogP) is 10.9. The van der Waals surface area contributed by atoms with E-state index in [-0.39, 0.29) is 118 Å². The number of aliphatic hydroxyl groups is 2. The molecule has 1 fully saturated rings. The van der Waals surface area contributed by atoms with Gasteiger partial charge < -0.3 is 33.7 Å². The minimum Gasteiger partial charge on any atom is -0.434 e. The Kier molecular flexibility index (Phi) is 28.3. The second-order valence-electron chi connectivity index (χ2n) is 27.3. The highest BCUT2D eigenvalue weighted by atomic mass is 79.9. The zero-order chi connectivity index (χ0) is 87.6. The van der Waals surface area contributed by atoms with Gasteiger partial charge in [0.2, 0.25) is 34.7 Å². The van der Waals surface area contributed by atoms with Gasteiger partial charge in [0, 0.05) is 58.6 Å². The zero-order valence-electron chi connectivity index (χ0n) is 63.6. The van der Waals surface area contributed by atoms with Gasteiger partial charge in [-0.05, 0) is 125 Å². The first-order valence-electron chi connectivity index (χ1n) is 34.8. The van der Waals surface area contributed by atoms with E-state index < -0.39 is 68.6 Å². The van der Waals surface area contributed by atoms with Crippen LogP contribution in [0.1, 0.15) is 110 Å². The molecule has 1 aliphatic rings. The number of aliphatic hydroxyl groups excluding tert-OH is 1. The fraction of sp³-hybridized carbons (Fsp3) is 0.179. The third kappa shape index (κ3) is 21.6. The minimum absolute atomic E-state index is 0.0105. The number of H-pyrrole nitrogens is 6. The first kappa shape index (κ1) is 89.6. The lowest BCUT2D eigenvalue weighted by molar-refractivity contribution is -0.00229. The Bertz CT molecular complexity index is 6660. The van der Waals surface area contributed by atoms with E-state index in [1.165, 1.54) is 61.5 Å². The smallest absolute Gasteiger partial charge is 0.434 e. The second kappa shape index (κ2) is 37.9. The van der Waals surface area contributed by atoms with Gasteiger partial charge in [0.25, 0.3) is 33.4 Å². The van der Waals surface area contributed by atoms with Crippen LogP contribution in [0.25, 0.3) is 22.6 Å². The molecule has 1 aliphatic heterocycles. The van der Waals surface area contributed by atoms with E-state index in [1.54, 1.807) is 42.5 Å². The number of allylic oxidation sites excluding steroid dienone is 2. The van der Waals surface area contributed by atoms with Crippen LogP contribution in [0.2, 0.25) is 30.1 Å². The number of nitrogens with one attached hydrogen (secondary N) is 6. The highest BCUT2D eigenvalue weighted by molar-refractivity contribution is 9.10. The molecule has 42 heteroatoms. The normalized spacial score (nSPS) is 12.8. The molecular weight excluding hydrogens is 1750 g/mol. The number of hydrogen-bond donors (Lipinski definition) is 8. The van der Waals surface area contributed by atoms with Crippen LogP contribution in [0.3, 0.4) is 0 Å². The summed E-state index contributed by atoms with van der Waals surface area (Å²) in [5.41, 5.74) is -2.77. The molecule has 13 rings (SSSR count). The lowest BCUT2D eigenvalue weighted by Gasteiger charge is -2.32. The molecule has 34 nitrogen and oxygen atoms in total. The molecule has 6 aromatic heterocycles. The van der Waals surface area contributed by atoms with E-state index in [2.05, 4.69) is 75.0 Å². The molecular formula is C78H62BBrCl6N18O16. The molecule has 0 aliphatic carbocycles. The maximum absolute atomic E-state index is 12.4. The summed E-state index contributed by atoms with van der Waals surface area (Å²) in [4.78, 5) is 114. The van der Waals surface area contributed by atoms with Gasteiger partial charge in [-0.1, -0.05) is 164 Å². The molecule has 0 bridgehead atoms. The molecule has 6 aromatic carbocycles. The summed E-state index contributed by atoms with van der Waals surface area (Å²) < 4.78 is 31.8. The van der Waals surface area contributed by atoms with Crippen LogP contribution in [-0.4, -0.2) is 110 Å². The molecule has 1 saturated heterocycles. The van der Waals surface area contributed by atoms with Crippen LogP contribution in [0.5, 0.6) is 34.9 Å². The number of ether oxygens (including phenoxy) is 3. The van der Waals surface area contributed by atoms with Crippen molar-refractivity contribution in [1.82, 2.24) is 74.9 Å². The quantitative estimate of drug-likeness (QED) is 0.0349. The van der Waals surface area contributed by atoms with Crippen LogP contribution >= 0.6 is 85.5 Å². The summed E-state index contributed by atoms with van der Waals surface area (Å²) in [6.07, 6.45) is 0.870. The molecule has 1 unspecified atom stereocenters. The Morgan fingerprint density at radius 3 is 1.03 bits per heavy atom. The molecule has 612 valence electrons. The van der Waals surface area contributed by atoms with E-state index in [0.717, 1.165) is 51.8 Å². The first-order valence-corrected chi connectivity index (χ1v) is 37.9. The van der Waals surface area contributed by atoms with Crippen molar-refractivity contribution in [2.24, 2.45) is 0 Å². The Labute approximate surface area is 714 Å². The van der Waals surface area contributed by atoms with Gasteiger partial charge in [-0.25, -0.2) is 29.7 Å². The van der Waals surface area contributed by atoms with Crippen molar-refractivity contribution in [3.05, 3.63) is 336 Å². The van der Waals surface area contributed by atoms with E-state index in [0.29, 0.717) is 35.1 Å². The fourth-order valence-electron chi connectivity index (χ4n) is 10.7. The van der Waals surface area contributed by atoms with Crippen LogP contribution in [0.4, 0.5) is 0 Å². The van der Waals surface area contributed by atoms with Gasteiger partial charge in [0.15, 0.2) is 17.2 Å². The van der Waals surface area contributed by atoms with Gasteiger partial charge in [0.1, 0.15) is 23.8 Å². The number of aromatic amines is 6. The second-order valence-corrected chi connectivity index (χ2v) is 30.7. The largest absolute Gasteiger partial charge is 0.489 e. The zero-order valence-corrected chi connectivity index (χ0v) is 69.7. The number of hydrogen-bond acceptors (Lipinski definition) is 25. The Hall–Kier alpha value is -12.7. The molecule has 12 aromatic rings. The number of rotatable bonds is 19. The highest BCUT2D eigenvalue weighted by Gasteiger charge is 2.51. The summed E-state index contributed by atoms with van der Waals surface area (Å²) in [7, 11) is -0.241. The average molecular weight is 1810 g/mol. The minimum atomic E-state index is -1.39. The Morgan fingerprint density at radius 1 is 0.492 bits per heavy atom. The third-order valence-corrected chi connectivity index (χ3v) is 20.0. The van der Waals surface area contributed by atoms with Crippen molar-refractivity contribution in [1.29, 1.82) is 15.8 Å². The van der Waals surface area contributed by atoms with Crippen LogP contribution in [0, 0.1) is 34.0 Å². The summed E-state index contributed by atoms with van der Waals surface area (Å²) in [6.45, 7) is 20.8. The Morgan fingerprint density at radius 2 is 0.775 bits per heavy atom. The summed E-state index contributed by atoms with van der Waals surface area (Å²) in [6, 6.07) is 38.8. The van der Waals surface area contributed by atoms with Crippen molar-refractivity contribution in [3.63, 3.8) is 0 Å². The van der Waals surface area contributed by atoms with E-state index >= 15 is 0 Å². The molecule has 8 N–H and O–H groups in total. The summed E-state index contributed by atoms with van der Waals surface area (Å²) in [5.74, 6) is 0.0361. The highest BCUT2D eigenvalue weighted by Crippen LogP contribution is 2.42. The van der Waals surface area contributed by atoms with Gasteiger partial charge in [-0.3, -0.25) is 43.7 Å².